The SMILES string of the molecule is CC(C)(C)C1(C(C)(C)C)COC2CCCC21. The van der Waals surface area contributed by atoms with Gasteiger partial charge in [-0.1, -0.05) is 48.0 Å². The number of rotatable bonds is 0. The van der Waals surface area contributed by atoms with Gasteiger partial charge in [0, 0.05) is 5.41 Å². The molecule has 0 radical (unpaired) electrons. The second-order valence-electron chi connectivity index (χ2n) is 7.86. The predicted molar refractivity (Wildman–Crippen MR) is 68.4 cm³/mol. The van der Waals surface area contributed by atoms with Crippen molar-refractivity contribution in [1.29, 1.82) is 0 Å². The standard InChI is InChI=1S/C15H28O/c1-13(2,3)15(14(4,5)6)10-16-12-9-7-8-11(12)15/h11-12H,7-10H2,1-6H3. The molecule has 1 saturated carbocycles. The molecule has 2 aliphatic rings. The Balaban J connectivity index is 2.44. The maximum absolute atomic E-state index is 6.15. The molecule has 0 aromatic carbocycles. The molecule has 0 N–H and O–H groups in total. The van der Waals surface area contributed by atoms with Crippen LogP contribution in [-0.4, -0.2) is 12.7 Å². The van der Waals surface area contributed by atoms with Gasteiger partial charge in [0.05, 0.1) is 12.7 Å². The van der Waals surface area contributed by atoms with Crippen LogP contribution < -0.4 is 0 Å². The van der Waals surface area contributed by atoms with Crippen molar-refractivity contribution in [3.63, 3.8) is 0 Å². The van der Waals surface area contributed by atoms with E-state index in [0.717, 1.165) is 12.5 Å². The fourth-order valence-electron chi connectivity index (χ4n) is 4.71. The monoisotopic (exact) mass is 224 g/mol. The third kappa shape index (κ3) is 1.47. The molecule has 0 bridgehead atoms. The Morgan fingerprint density at radius 3 is 2.00 bits per heavy atom. The summed E-state index contributed by atoms with van der Waals surface area (Å²) in [4.78, 5) is 0. The van der Waals surface area contributed by atoms with Crippen molar-refractivity contribution in [2.75, 3.05) is 6.61 Å². The Morgan fingerprint density at radius 1 is 0.938 bits per heavy atom. The van der Waals surface area contributed by atoms with Crippen molar-refractivity contribution in [3.05, 3.63) is 0 Å². The van der Waals surface area contributed by atoms with Gasteiger partial charge in [-0.2, -0.15) is 0 Å². The van der Waals surface area contributed by atoms with Gasteiger partial charge in [0.1, 0.15) is 0 Å². The van der Waals surface area contributed by atoms with E-state index in [2.05, 4.69) is 41.5 Å². The molecular weight excluding hydrogens is 196 g/mol. The molecule has 0 amide bonds. The van der Waals surface area contributed by atoms with Crippen LogP contribution in [0.15, 0.2) is 0 Å². The van der Waals surface area contributed by atoms with Gasteiger partial charge in [-0.3, -0.25) is 0 Å². The van der Waals surface area contributed by atoms with Gasteiger partial charge in [0.25, 0.3) is 0 Å². The second kappa shape index (κ2) is 3.48. The van der Waals surface area contributed by atoms with E-state index in [-0.39, 0.29) is 0 Å². The zero-order chi connectivity index (χ0) is 12.2. The number of hydrogen-bond donors (Lipinski definition) is 0. The van der Waals surface area contributed by atoms with Gasteiger partial charge in [0.15, 0.2) is 0 Å². The normalized spacial score (nSPS) is 34.1. The number of ether oxygens (including phenoxy) is 1. The highest BCUT2D eigenvalue weighted by molar-refractivity contribution is 5.09. The Hall–Kier alpha value is -0.0400. The number of hydrogen-bond acceptors (Lipinski definition) is 1. The average Bonchev–Trinajstić information content (AvgIpc) is 2.54. The Morgan fingerprint density at radius 2 is 1.50 bits per heavy atom. The summed E-state index contributed by atoms with van der Waals surface area (Å²) in [6.07, 6.45) is 4.58. The van der Waals surface area contributed by atoms with Crippen LogP contribution in [0.4, 0.5) is 0 Å². The lowest BCUT2D eigenvalue weighted by atomic mass is 9.49. The van der Waals surface area contributed by atoms with Crippen molar-refractivity contribution in [1.82, 2.24) is 0 Å². The predicted octanol–water partition coefficient (Wildman–Crippen LogP) is 4.26. The fraction of sp³-hybridized carbons (Fsp3) is 1.00. The molecular formula is C15H28O. The van der Waals surface area contributed by atoms with E-state index in [0.29, 0.717) is 22.3 Å². The first kappa shape index (κ1) is 12.4. The minimum atomic E-state index is 0.328. The molecule has 1 aliphatic carbocycles. The zero-order valence-electron chi connectivity index (χ0n) is 11.9. The molecule has 1 nitrogen and oxygen atoms in total. The number of fused-ring (bicyclic) bond motifs is 1. The summed E-state index contributed by atoms with van der Waals surface area (Å²) in [7, 11) is 0. The summed E-state index contributed by atoms with van der Waals surface area (Å²) in [5.41, 5.74) is 1.01. The highest BCUT2D eigenvalue weighted by atomic mass is 16.5. The Labute approximate surface area is 101 Å². The van der Waals surface area contributed by atoms with Crippen LogP contribution in [0.1, 0.15) is 60.8 Å². The summed E-state index contributed by atoms with van der Waals surface area (Å²) in [6.45, 7) is 15.4. The molecule has 2 atom stereocenters. The first-order valence-electron chi connectivity index (χ1n) is 6.82. The van der Waals surface area contributed by atoms with Gasteiger partial charge in [0.2, 0.25) is 0 Å². The highest BCUT2D eigenvalue weighted by Gasteiger charge is 2.62. The van der Waals surface area contributed by atoms with Gasteiger partial charge in [-0.15, -0.1) is 0 Å². The fourth-order valence-corrected chi connectivity index (χ4v) is 4.71. The van der Waals surface area contributed by atoms with Crippen molar-refractivity contribution >= 4 is 0 Å². The first-order valence-corrected chi connectivity index (χ1v) is 6.82. The summed E-state index contributed by atoms with van der Waals surface area (Å²) in [5.74, 6) is 0.785. The van der Waals surface area contributed by atoms with Crippen LogP contribution in [0.5, 0.6) is 0 Å². The van der Waals surface area contributed by atoms with Crippen molar-refractivity contribution in [2.45, 2.75) is 66.9 Å². The molecule has 16 heavy (non-hydrogen) atoms. The van der Waals surface area contributed by atoms with E-state index < -0.39 is 0 Å². The van der Waals surface area contributed by atoms with E-state index >= 15 is 0 Å². The van der Waals surface area contributed by atoms with Crippen molar-refractivity contribution < 1.29 is 4.74 Å². The third-order valence-electron chi connectivity index (χ3n) is 5.29. The third-order valence-corrected chi connectivity index (χ3v) is 5.29. The second-order valence-corrected chi connectivity index (χ2v) is 7.86. The van der Waals surface area contributed by atoms with E-state index in [1.165, 1.54) is 19.3 Å². The molecule has 1 heteroatoms. The average molecular weight is 224 g/mol. The largest absolute Gasteiger partial charge is 0.377 e. The molecule has 2 rings (SSSR count). The van der Waals surface area contributed by atoms with E-state index in [4.69, 9.17) is 4.74 Å². The molecule has 0 spiro atoms. The van der Waals surface area contributed by atoms with E-state index in [9.17, 15) is 0 Å². The minimum Gasteiger partial charge on any atom is -0.377 e. The smallest absolute Gasteiger partial charge is 0.0610 e. The molecule has 1 aliphatic heterocycles. The summed E-state index contributed by atoms with van der Waals surface area (Å²) >= 11 is 0. The topological polar surface area (TPSA) is 9.23 Å². The maximum Gasteiger partial charge on any atom is 0.0610 e. The van der Waals surface area contributed by atoms with Gasteiger partial charge < -0.3 is 4.74 Å². The molecule has 1 heterocycles. The summed E-state index contributed by atoms with van der Waals surface area (Å²) in [5, 5.41) is 0. The van der Waals surface area contributed by atoms with Crippen LogP contribution in [0, 0.1) is 22.2 Å². The lowest BCUT2D eigenvalue weighted by Gasteiger charge is -2.54. The minimum absolute atomic E-state index is 0.328. The Kier molecular flexibility index (Phi) is 2.70. The molecule has 0 aromatic heterocycles. The molecule has 0 aromatic rings. The highest BCUT2D eigenvalue weighted by Crippen LogP contribution is 2.63. The molecule has 2 unspecified atom stereocenters. The van der Waals surface area contributed by atoms with Crippen LogP contribution in [-0.2, 0) is 4.74 Å². The molecule has 94 valence electrons. The molecule has 2 fully saturated rings. The zero-order valence-corrected chi connectivity index (χ0v) is 11.9. The van der Waals surface area contributed by atoms with Crippen molar-refractivity contribution in [2.24, 2.45) is 22.2 Å². The lowest BCUT2D eigenvalue weighted by Crippen LogP contribution is -2.51. The lowest BCUT2D eigenvalue weighted by molar-refractivity contribution is -0.0673. The quantitative estimate of drug-likeness (QED) is 0.597. The summed E-state index contributed by atoms with van der Waals surface area (Å²) in [6, 6.07) is 0. The molecule has 1 saturated heterocycles. The van der Waals surface area contributed by atoms with Crippen molar-refractivity contribution in [3.8, 4) is 0 Å². The van der Waals surface area contributed by atoms with Crippen LogP contribution in [0.2, 0.25) is 0 Å². The first-order chi connectivity index (χ1) is 7.20. The van der Waals surface area contributed by atoms with E-state index in [1.807, 2.05) is 0 Å². The van der Waals surface area contributed by atoms with Crippen LogP contribution in [0.25, 0.3) is 0 Å². The van der Waals surface area contributed by atoms with Crippen LogP contribution >= 0.6 is 0 Å². The summed E-state index contributed by atoms with van der Waals surface area (Å²) < 4.78 is 6.15. The van der Waals surface area contributed by atoms with Crippen LogP contribution in [0.3, 0.4) is 0 Å². The van der Waals surface area contributed by atoms with Gasteiger partial charge >= 0.3 is 0 Å². The van der Waals surface area contributed by atoms with E-state index in [1.54, 1.807) is 0 Å². The Bertz CT molecular complexity index is 252. The maximum atomic E-state index is 6.15. The van der Waals surface area contributed by atoms with Gasteiger partial charge in [-0.05, 0) is 29.6 Å². The van der Waals surface area contributed by atoms with Gasteiger partial charge in [-0.25, -0.2) is 0 Å².